The molecule has 1 heteroatoms. The Morgan fingerprint density at radius 2 is 1.68 bits per heavy atom. The molecule has 4 atom stereocenters. The number of hydrogen-bond donors (Lipinski definition) is 1. The van der Waals surface area contributed by atoms with Crippen LogP contribution in [0.25, 0.3) is 0 Å². The minimum Gasteiger partial charge on any atom is -0.312 e. The second-order valence-electron chi connectivity index (χ2n) is 9.17. The molecule has 2 bridgehead atoms. The quantitative estimate of drug-likeness (QED) is 0.763. The Hall–Kier alpha value is -0.0400. The first-order chi connectivity index (χ1) is 8.86. The highest BCUT2D eigenvalue weighted by Crippen LogP contribution is 2.56. The first kappa shape index (κ1) is 13.9. The van der Waals surface area contributed by atoms with Crippen LogP contribution in [-0.4, -0.2) is 12.1 Å². The molecule has 3 aliphatic rings. The molecule has 0 aromatic heterocycles. The molecule has 0 saturated heterocycles. The van der Waals surface area contributed by atoms with Crippen LogP contribution in [0.2, 0.25) is 0 Å². The number of rotatable bonds is 5. The summed E-state index contributed by atoms with van der Waals surface area (Å²) in [4.78, 5) is 0. The van der Waals surface area contributed by atoms with E-state index in [9.17, 15) is 0 Å². The van der Waals surface area contributed by atoms with E-state index in [1.165, 1.54) is 25.8 Å². The molecule has 3 aliphatic carbocycles. The van der Waals surface area contributed by atoms with E-state index in [1.807, 2.05) is 0 Å². The van der Waals surface area contributed by atoms with Gasteiger partial charge in [0, 0.05) is 12.1 Å². The average Bonchev–Trinajstić information content (AvgIpc) is 2.99. The molecule has 0 heterocycles. The molecule has 3 rings (SSSR count). The highest BCUT2D eigenvalue weighted by molar-refractivity contribution is 4.99. The predicted octanol–water partition coefficient (Wildman–Crippen LogP) is 4.62. The van der Waals surface area contributed by atoms with Gasteiger partial charge in [0.15, 0.2) is 0 Å². The highest BCUT2D eigenvalue weighted by atomic mass is 15.0. The van der Waals surface area contributed by atoms with Crippen molar-refractivity contribution in [3.05, 3.63) is 0 Å². The Balaban J connectivity index is 1.60. The molecular weight excluding hydrogens is 230 g/mol. The molecule has 0 aliphatic heterocycles. The number of hydrogen-bond acceptors (Lipinski definition) is 1. The van der Waals surface area contributed by atoms with Crippen molar-refractivity contribution >= 4 is 0 Å². The number of fused-ring (bicyclic) bond motifs is 2. The Morgan fingerprint density at radius 1 is 0.947 bits per heavy atom. The summed E-state index contributed by atoms with van der Waals surface area (Å²) in [5, 5.41) is 3.80. The highest BCUT2D eigenvalue weighted by Gasteiger charge is 2.47. The van der Waals surface area contributed by atoms with Gasteiger partial charge in [0.2, 0.25) is 0 Å². The van der Waals surface area contributed by atoms with Crippen LogP contribution >= 0.6 is 0 Å². The largest absolute Gasteiger partial charge is 0.312 e. The van der Waals surface area contributed by atoms with Crippen LogP contribution in [0, 0.1) is 29.1 Å². The van der Waals surface area contributed by atoms with Crippen LogP contribution in [0.1, 0.15) is 72.6 Å². The fourth-order valence-corrected chi connectivity index (χ4v) is 4.86. The van der Waals surface area contributed by atoms with Crippen molar-refractivity contribution in [1.29, 1.82) is 0 Å². The van der Waals surface area contributed by atoms with Gasteiger partial charge in [-0.3, -0.25) is 0 Å². The molecule has 0 spiro atoms. The van der Waals surface area contributed by atoms with Crippen LogP contribution in [0.3, 0.4) is 0 Å². The molecule has 0 aromatic carbocycles. The van der Waals surface area contributed by atoms with Gasteiger partial charge in [-0.15, -0.1) is 0 Å². The third-order valence-electron chi connectivity index (χ3n) is 6.20. The molecule has 0 aromatic rings. The minimum atomic E-state index is 0.269. The molecule has 3 saturated carbocycles. The first-order valence-corrected chi connectivity index (χ1v) is 8.61. The minimum absolute atomic E-state index is 0.269. The topological polar surface area (TPSA) is 12.0 Å². The van der Waals surface area contributed by atoms with Crippen LogP contribution < -0.4 is 5.32 Å². The van der Waals surface area contributed by atoms with Gasteiger partial charge >= 0.3 is 0 Å². The summed E-state index contributed by atoms with van der Waals surface area (Å²) in [6.45, 7) is 10.7. The van der Waals surface area contributed by atoms with E-state index in [2.05, 4.69) is 33.0 Å². The maximum atomic E-state index is 3.80. The summed E-state index contributed by atoms with van der Waals surface area (Å²) in [6, 6.07) is 0. The molecular formula is C18H33N. The second kappa shape index (κ2) is 4.76. The lowest BCUT2D eigenvalue weighted by Gasteiger charge is -2.38. The Morgan fingerprint density at radius 3 is 2.16 bits per heavy atom. The Bertz CT molecular complexity index is 325. The van der Waals surface area contributed by atoms with Gasteiger partial charge in [-0.25, -0.2) is 0 Å². The maximum Gasteiger partial charge on any atom is 0.00967 e. The van der Waals surface area contributed by atoms with Crippen LogP contribution in [0.5, 0.6) is 0 Å². The molecule has 110 valence electrons. The summed E-state index contributed by atoms with van der Waals surface area (Å²) in [6.07, 6.45) is 10.7. The predicted molar refractivity (Wildman–Crippen MR) is 82.1 cm³/mol. The molecule has 3 fully saturated rings. The maximum absolute atomic E-state index is 3.80. The fourth-order valence-electron chi connectivity index (χ4n) is 4.86. The number of nitrogens with one attached hydrogen (secondary N) is 1. The van der Waals surface area contributed by atoms with Crippen LogP contribution in [0.15, 0.2) is 0 Å². The standard InChI is InChI=1S/C18H33N/c1-17(2,3)19-12-18(4,16-7-8-16)11-15-10-13-5-6-14(15)9-13/h13-16,19H,5-12H2,1-4H3. The van der Waals surface area contributed by atoms with Gasteiger partial charge < -0.3 is 5.32 Å². The van der Waals surface area contributed by atoms with Crippen molar-refractivity contribution in [3.8, 4) is 0 Å². The second-order valence-corrected chi connectivity index (χ2v) is 9.17. The van der Waals surface area contributed by atoms with E-state index in [1.54, 1.807) is 25.7 Å². The third kappa shape index (κ3) is 3.17. The van der Waals surface area contributed by atoms with Crippen molar-refractivity contribution < 1.29 is 0 Å². The molecule has 19 heavy (non-hydrogen) atoms. The van der Waals surface area contributed by atoms with Gasteiger partial charge in [-0.2, -0.15) is 0 Å². The first-order valence-electron chi connectivity index (χ1n) is 8.61. The summed E-state index contributed by atoms with van der Waals surface area (Å²) >= 11 is 0. The van der Waals surface area contributed by atoms with Crippen molar-refractivity contribution in [2.24, 2.45) is 29.1 Å². The van der Waals surface area contributed by atoms with Gasteiger partial charge in [-0.1, -0.05) is 13.3 Å². The fraction of sp³-hybridized carbons (Fsp3) is 1.00. The van der Waals surface area contributed by atoms with E-state index in [-0.39, 0.29) is 5.54 Å². The summed E-state index contributed by atoms with van der Waals surface area (Å²) < 4.78 is 0. The van der Waals surface area contributed by atoms with Gasteiger partial charge in [0.1, 0.15) is 0 Å². The Labute approximate surface area is 119 Å². The Kier molecular flexibility index (Phi) is 3.48. The van der Waals surface area contributed by atoms with E-state index in [0.717, 1.165) is 23.7 Å². The zero-order chi connectivity index (χ0) is 13.7. The molecule has 0 radical (unpaired) electrons. The smallest absolute Gasteiger partial charge is 0.00967 e. The van der Waals surface area contributed by atoms with Crippen molar-refractivity contribution in [1.82, 2.24) is 5.32 Å². The molecule has 1 nitrogen and oxygen atoms in total. The summed E-state index contributed by atoms with van der Waals surface area (Å²) in [7, 11) is 0. The van der Waals surface area contributed by atoms with Crippen LogP contribution in [-0.2, 0) is 0 Å². The van der Waals surface area contributed by atoms with E-state index in [0.29, 0.717) is 5.41 Å². The van der Waals surface area contributed by atoms with E-state index in [4.69, 9.17) is 0 Å². The zero-order valence-corrected chi connectivity index (χ0v) is 13.5. The molecule has 0 amide bonds. The lowest BCUT2D eigenvalue weighted by atomic mass is 9.72. The normalized spacial score (nSPS) is 37.6. The third-order valence-corrected chi connectivity index (χ3v) is 6.20. The average molecular weight is 263 g/mol. The van der Waals surface area contributed by atoms with Gasteiger partial charge in [0.05, 0.1) is 0 Å². The molecule has 1 N–H and O–H groups in total. The van der Waals surface area contributed by atoms with E-state index < -0.39 is 0 Å². The monoisotopic (exact) mass is 263 g/mol. The van der Waals surface area contributed by atoms with Crippen molar-refractivity contribution in [3.63, 3.8) is 0 Å². The zero-order valence-electron chi connectivity index (χ0n) is 13.5. The SMILES string of the molecule is CC(C)(C)NCC(C)(CC1CC2CCC1C2)C1CC1. The van der Waals surface area contributed by atoms with Crippen molar-refractivity contribution in [2.75, 3.05) is 6.54 Å². The lowest BCUT2D eigenvalue weighted by molar-refractivity contribution is 0.148. The molecule has 4 unspecified atom stereocenters. The summed E-state index contributed by atoms with van der Waals surface area (Å²) in [5.74, 6) is 4.28. The lowest BCUT2D eigenvalue weighted by Crippen LogP contribution is -2.44. The van der Waals surface area contributed by atoms with Gasteiger partial charge in [0.25, 0.3) is 0 Å². The van der Waals surface area contributed by atoms with E-state index >= 15 is 0 Å². The summed E-state index contributed by atoms with van der Waals surface area (Å²) in [5.41, 5.74) is 0.841. The van der Waals surface area contributed by atoms with Gasteiger partial charge in [-0.05, 0) is 88.4 Å². The van der Waals surface area contributed by atoms with Crippen molar-refractivity contribution in [2.45, 2.75) is 78.2 Å². The van der Waals surface area contributed by atoms with Crippen LogP contribution in [0.4, 0.5) is 0 Å².